The van der Waals surface area contributed by atoms with Gasteiger partial charge in [0.1, 0.15) is 17.2 Å². The van der Waals surface area contributed by atoms with Crippen molar-refractivity contribution in [3.05, 3.63) is 47.7 Å². The zero-order chi connectivity index (χ0) is 24.9. The summed E-state index contributed by atoms with van der Waals surface area (Å²) in [5.74, 6) is -0.326. The van der Waals surface area contributed by atoms with Crippen molar-refractivity contribution in [1.82, 2.24) is 15.5 Å². The number of nitrogens with zero attached hydrogens (tertiary/aromatic N) is 2. The van der Waals surface area contributed by atoms with E-state index < -0.39 is 19.2 Å². The predicted octanol–water partition coefficient (Wildman–Crippen LogP) is 2.73. The van der Waals surface area contributed by atoms with Gasteiger partial charge in [-0.2, -0.15) is 5.26 Å². The van der Waals surface area contributed by atoms with Crippen molar-refractivity contribution in [2.24, 2.45) is 5.41 Å². The Bertz CT molecular complexity index is 1100. The normalized spacial score (nSPS) is 17.4. The lowest BCUT2D eigenvalue weighted by Gasteiger charge is -2.26. The van der Waals surface area contributed by atoms with Crippen LogP contribution >= 0.6 is 0 Å². The number of hydrogen-bond donors (Lipinski definition) is 4. The molecule has 2 aromatic rings. The highest BCUT2D eigenvalue weighted by molar-refractivity contribution is 6.41. The number of fused-ring (bicyclic) bond motifs is 1. The van der Waals surface area contributed by atoms with Crippen LogP contribution in [0.5, 0.6) is 0 Å². The SMILES string of the molecule is CC(C)(C)C=C(C#N)C(=O)N1CCC[C@@H]1CNC(=O)N[C@H](CB(O)O)c1coc2ccccc12. The number of urea groups is 1. The van der Waals surface area contributed by atoms with E-state index in [9.17, 15) is 24.9 Å². The standard InChI is InChI=1S/C24H31BN4O5/c1-24(2,3)11-16(13-26)22(30)29-10-6-7-17(29)14-27-23(31)28-20(12-25(32)33)19-15-34-21-9-5-4-8-18(19)21/h4-5,8-9,11,15,17,20,32-33H,6-7,10,12,14H2,1-3H3,(H2,27,28,31)/t17-,20-/m1/s1. The number of hydrogen-bond acceptors (Lipinski definition) is 6. The predicted molar refractivity (Wildman–Crippen MR) is 128 cm³/mol. The minimum absolute atomic E-state index is 0.104. The Hall–Kier alpha value is -3.29. The first-order valence-corrected chi connectivity index (χ1v) is 11.4. The number of carbonyl (C=O) groups excluding carboxylic acids is 2. The molecule has 1 saturated heterocycles. The number of rotatable bonds is 7. The molecule has 10 heteroatoms. The molecule has 0 spiro atoms. The van der Waals surface area contributed by atoms with E-state index in [1.165, 1.54) is 6.26 Å². The van der Waals surface area contributed by atoms with Gasteiger partial charge in [0.2, 0.25) is 0 Å². The maximum Gasteiger partial charge on any atom is 0.453 e. The maximum absolute atomic E-state index is 12.9. The number of para-hydroxylation sites is 1. The summed E-state index contributed by atoms with van der Waals surface area (Å²) in [6, 6.07) is 7.88. The molecule has 1 fully saturated rings. The van der Waals surface area contributed by atoms with E-state index in [2.05, 4.69) is 10.6 Å². The number of likely N-dealkylation sites (tertiary alicyclic amines) is 1. The van der Waals surface area contributed by atoms with Gasteiger partial charge in [0.05, 0.1) is 12.3 Å². The molecule has 0 radical (unpaired) electrons. The quantitative estimate of drug-likeness (QED) is 0.281. The van der Waals surface area contributed by atoms with Crippen LogP contribution < -0.4 is 10.6 Å². The van der Waals surface area contributed by atoms with Crippen LogP contribution in [0, 0.1) is 16.7 Å². The Morgan fingerprint density at radius 3 is 2.76 bits per heavy atom. The number of furan rings is 1. The first-order chi connectivity index (χ1) is 16.1. The molecule has 34 heavy (non-hydrogen) atoms. The summed E-state index contributed by atoms with van der Waals surface area (Å²) in [4.78, 5) is 27.3. The van der Waals surface area contributed by atoms with Crippen LogP contribution in [0.15, 0.2) is 46.6 Å². The van der Waals surface area contributed by atoms with Crippen molar-refractivity contribution in [1.29, 1.82) is 5.26 Å². The highest BCUT2D eigenvalue weighted by Gasteiger charge is 2.32. The van der Waals surface area contributed by atoms with Gasteiger partial charge in [0.25, 0.3) is 5.91 Å². The van der Waals surface area contributed by atoms with E-state index in [1.807, 2.05) is 45.0 Å². The van der Waals surface area contributed by atoms with Gasteiger partial charge in [0, 0.05) is 36.4 Å². The molecule has 180 valence electrons. The third kappa shape index (κ3) is 6.40. The molecule has 3 rings (SSSR count). The second kappa shape index (κ2) is 10.8. The summed E-state index contributed by atoms with van der Waals surface area (Å²) >= 11 is 0. The number of benzene rings is 1. The highest BCUT2D eigenvalue weighted by atomic mass is 16.4. The molecule has 1 aliphatic heterocycles. The molecule has 0 unspecified atom stereocenters. The minimum atomic E-state index is -1.62. The Labute approximate surface area is 199 Å². The third-order valence-corrected chi connectivity index (χ3v) is 5.70. The van der Waals surface area contributed by atoms with Crippen LogP contribution in [0.1, 0.15) is 45.2 Å². The molecule has 3 amide bonds. The van der Waals surface area contributed by atoms with E-state index in [0.29, 0.717) is 24.1 Å². The lowest BCUT2D eigenvalue weighted by atomic mass is 9.79. The first kappa shape index (κ1) is 25.3. The molecule has 2 atom stereocenters. The number of carbonyl (C=O) groups is 2. The third-order valence-electron chi connectivity index (χ3n) is 5.70. The van der Waals surface area contributed by atoms with Gasteiger partial charge in [-0.25, -0.2) is 4.79 Å². The fraction of sp³-hybridized carbons (Fsp3) is 0.458. The van der Waals surface area contributed by atoms with Crippen molar-refractivity contribution in [2.75, 3.05) is 13.1 Å². The number of allylic oxidation sites excluding steroid dienone is 1. The minimum Gasteiger partial charge on any atom is -0.464 e. The van der Waals surface area contributed by atoms with Crippen molar-refractivity contribution >= 4 is 30.0 Å². The van der Waals surface area contributed by atoms with Gasteiger partial charge >= 0.3 is 13.1 Å². The molecule has 0 saturated carbocycles. The topological polar surface area (TPSA) is 139 Å². The van der Waals surface area contributed by atoms with Crippen LogP contribution in [-0.2, 0) is 4.79 Å². The molecule has 0 aliphatic carbocycles. The Kier molecular flexibility index (Phi) is 8.02. The van der Waals surface area contributed by atoms with E-state index in [-0.39, 0.29) is 35.8 Å². The molecule has 1 aromatic heterocycles. The van der Waals surface area contributed by atoms with Crippen molar-refractivity contribution < 1.29 is 24.1 Å². The number of nitriles is 1. The van der Waals surface area contributed by atoms with Crippen molar-refractivity contribution in [3.8, 4) is 6.07 Å². The van der Waals surface area contributed by atoms with Crippen LogP contribution in [0.2, 0.25) is 6.32 Å². The van der Waals surface area contributed by atoms with Gasteiger partial charge in [-0.1, -0.05) is 45.0 Å². The van der Waals surface area contributed by atoms with Crippen molar-refractivity contribution in [3.63, 3.8) is 0 Å². The van der Waals surface area contributed by atoms with E-state index in [1.54, 1.807) is 17.0 Å². The Morgan fingerprint density at radius 2 is 2.09 bits per heavy atom. The van der Waals surface area contributed by atoms with Gasteiger partial charge in [0.15, 0.2) is 0 Å². The van der Waals surface area contributed by atoms with Crippen LogP contribution in [0.3, 0.4) is 0 Å². The van der Waals surface area contributed by atoms with E-state index >= 15 is 0 Å². The summed E-state index contributed by atoms with van der Waals surface area (Å²) < 4.78 is 5.53. The van der Waals surface area contributed by atoms with Gasteiger partial charge < -0.3 is 30.0 Å². The lowest BCUT2D eigenvalue weighted by Crippen LogP contribution is -2.47. The summed E-state index contributed by atoms with van der Waals surface area (Å²) in [7, 11) is -1.62. The second-order valence-corrected chi connectivity index (χ2v) is 9.64. The van der Waals surface area contributed by atoms with Gasteiger partial charge in [-0.05, 0) is 24.3 Å². The Morgan fingerprint density at radius 1 is 1.35 bits per heavy atom. The van der Waals surface area contributed by atoms with Crippen LogP contribution in [0.25, 0.3) is 11.0 Å². The van der Waals surface area contributed by atoms with Gasteiger partial charge in [-0.15, -0.1) is 0 Å². The summed E-state index contributed by atoms with van der Waals surface area (Å²) in [5, 5.41) is 34.9. The molecular formula is C24H31BN4O5. The largest absolute Gasteiger partial charge is 0.464 e. The van der Waals surface area contributed by atoms with Crippen molar-refractivity contribution in [2.45, 2.75) is 52.0 Å². The zero-order valence-corrected chi connectivity index (χ0v) is 19.7. The summed E-state index contributed by atoms with van der Waals surface area (Å²) in [6.45, 7) is 6.51. The second-order valence-electron chi connectivity index (χ2n) is 9.64. The molecule has 1 aliphatic rings. The van der Waals surface area contributed by atoms with E-state index in [4.69, 9.17) is 4.42 Å². The van der Waals surface area contributed by atoms with E-state index in [0.717, 1.165) is 11.8 Å². The molecule has 0 bridgehead atoms. The van der Waals surface area contributed by atoms with Crippen LogP contribution in [-0.4, -0.2) is 53.1 Å². The molecule has 9 nitrogen and oxygen atoms in total. The average Bonchev–Trinajstić information content (AvgIpc) is 3.41. The fourth-order valence-electron chi connectivity index (χ4n) is 4.21. The first-order valence-electron chi connectivity index (χ1n) is 11.4. The average molecular weight is 466 g/mol. The number of nitrogens with one attached hydrogen (secondary N) is 2. The summed E-state index contributed by atoms with van der Waals surface area (Å²) in [6.07, 6.45) is 4.55. The number of amides is 3. The maximum atomic E-state index is 12.9. The fourth-order valence-corrected chi connectivity index (χ4v) is 4.21. The van der Waals surface area contributed by atoms with Crippen LogP contribution in [0.4, 0.5) is 4.79 Å². The van der Waals surface area contributed by atoms with Gasteiger partial charge in [-0.3, -0.25) is 4.79 Å². The molecular weight excluding hydrogens is 435 g/mol. The summed E-state index contributed by atoms with van der Waals surface area (Å²) in [5.41, 5.74) is 1.07. The molecule has 4 N–H and O–H groups in total. The molecule has 1 aromatic carbocycles. The molecule has 2 heterocycles. The lowest BCUT2D eigenvalue weighted by molar-refractivity contribution is -0.127. The highest BCUT2D eigenvalue weighted by Crippen LogP contribution is 2.29. The zero-order valence-electron chi connectivity index (χ0n) is 19.7. The monoisotopic (exact) mass is 466 g/mol. The Balaban J connectivity index is 1.66. The smallest absolute Gasteiger partial charge is 0.453 e.